The number of nitrogens with zero attached hydrogens (tertiary/aromatic N) is 1. The van der Waals surface area contributed by atoms with Gasteiger partial charge in [0.05, 0.1) is 0 Å². The fourth-order valence-corrected chi connectivity index (χ4v) is 2.57. The number of rotatable bonds is 2. The van der Waals surface area contributed by atoms with E-state index in [9.17, 15) is 0 Å². The van der Waals surface area contributed by atoms with Crippen LogP contribution in [0.4, 0.5) is 5.69 Å². The second-order valence-electron chi connectivity index (χ2n) is 4.57. The molecule has 2 heteroatoms. The third-order valence-corrected chi connectivity index (χ3v) is 3.61. The minimum atomic E-state index is 0.537. The Balaban J connectivity index is 2.44. The molecule has 2 nitrogen and oxygen atoms in total. The van der Waals surface area contributed by atoms with Crippen molar-refractivity contribution in [3.8, 4) is 0 Å². The Morgan fingerprint density at radius 2 is 2.20 bits per heavy atom. The molecule has 2 rings (SSSR count). The zero-order valence-corrected chi connectivity index (χ0v) is 10.0. The van der Waals surface area contributed by atoms with Crippen LogP contribution in [0.3, 0.4) is 0 Å². The van der Waals surface area contributed by atoms with Crippen LogP contribution < -0.4 is 10.2 Å². The van der Waals surface area contributed by atoms with Crippen molar-refractivity contribution in [2.24, 2.45) is 0 Å². The van der Waals surface area contributed by atoms with E-state index < -0.39 is 0 Å². The molecule has 1 N–H and O–H groups in total. The van der Waals surface area contributed by atoms with Crippen molar-refractivity contribution in [1.82, 2.24) is 5.32 Å². The first-order valence-corrected chi connectivity index (χ1v) is 5.63. The predicted octanol–water partition coefficient (Wildman–Crippen LogP) is 2.14. The second kappa shape index (κ2) is 3.86. The third kappa shape index (κ3) is 1.63. The molecule has 0 saturated heterocycles. The fourth-order valence-electron chi connectivity index (χ4n) is 2.57. The molecule has 0 aliphatic carbocycles. The molecule has 1 aromatic carbocycles. The molecule has 1 heterocycles. The Bertz CT molecular complexity index is 360. The van der Waals surface area contributed by atoms with E-state index in [0.29, 0.717) is 12.0 Å². The maximum absolute atomic E-state index is 3.37. The van der Waals surface area contributed by atoms with E-state index in [-0.39, 0.29) is 0 Å². The molecular formula is C13H20N2. The molecule has 0 bridgehead atoms. The average molecular weight is 204 g/mol. The van der Waals surface area contributed by atoms with Gasteiger partial charge >= 0.3 is 0 Å². The molecule has 1 aliphatic rings. The van der Waals surface area contributed by atoms with Gasteiger partial charge in [0.25, 0.3) is 0 Å². The number of hydrogen-bond donors (Lipinski definition) is 1. The number of likely N-dealkylation sites (N-methyl/N-ethyl adjacent to an activating group) is 2. The number of aryl methyl sites for hydroxylation is 1. The van der Waals surface area contributed by atoms with Crippen LogP contribution in [0.25, 0.3) is 0 Å². The first-order chi connectivity index (χ1) is 7.15. The minimum absolute atomic E-state index is 0.537. The molecule has 1 aromatic rings. The van der Waals surface area contributed by atoms with Crippen LogP contribution in [0.1, 0.15) is 24.0 Å². The van der Waals surface area contributed by atoms with Gasteiger partial charge in [0.15, 0.2) is 0 Å². The lowest BCUT2D eigenvalue weighted by Crippen LogP contribution is -2.31. The van der Waals surface area contributed by atoms with Crippen molar-refractivity contribution in [2.75, 3.05) is 25.5 Å². The van der Waals surface area contributed by atoms with E-state index in [4.69, 9.17) is 0 Å². The van der Waals surface area contributed by atoms with Gasteiger partial charge in [-0.3, -0.25) is 0 Å². The lowest BCUT2D eigenvalue weighted by molar-refractivity contribution is 0.511. The van der Waals surface area contributed by atoms with Gasteiger partial charge in [-0.05, 0) is 38.1 Å². The first kappa shape index (κ1) is 10.5. The van der Waals surface area contributed by atoms with E-state index in [2.05, 4.69) is 49.3 Å². The maximum atomic E-state index is 3.37. The van der Waals surface area contributed by atoms with Crippen molar-refractivity contribution < 1.29 is 0 Å². The average Bonchev–Trinajstić information content (AvgIpc) is 2.57. The van der Waals surface area contributed by atoms with Crippen LogP contribution >= 0.6 is 0 Å². The number of anilines is 1. The van der Waals surface area contributed by atoms with E-state index in [0.717, 1.165) is 6.54 Å². The summed E-state index contributed by atoms with van der Waals surface area (Å²) in [5.74, 6) is 0.621. The molecular weight excluding hydrogens is 184 g/mol. The highest BCUT2D eigenvalue weighted by Crippen LogP contribution is 2.38. The van der Waals surface area contributed by atoms with E-state index in [1.807, 2.05) is 7.05 Å². The minimum Gasteiger partial charge on any atom is -0.374 e. The van der Waals surface area contributed by atoms with Crippen LogP contribution in [-0.4, -0.2) is 26.7 Å². The molecule has 0 saturated carbocycles. The molecule has 1 aliphatic heterocycles. The van der Waals surface area contributed by atoms with E-state index in [1.54, 1.807) is 0 Å². The number of nitrogens with one attached hydrogen (secondary N) is 1. The van der Waals surface area contributed by atoms with Crippen molar-refractivity contribution in [3.05, 3.63) is 29.3 Å². The Hall–Kier alpha value is -1.02. The van der Waals surface area contributed by atoms with Gasteiger partial charge in [-0.15, -0.1) is 0 Å². The number of benzene rings is 1. The molecule has 0 amide bonds. The van der Waals surface area contributed by atoms with E-state index in [1.165, 1.54) is 16.8 Å². The van der Waals surface area contributed by atoms with Gasteiger partial charge in [-0.25, -0.2) is 0 Å². The molecule has 0 aromatic heterocycles. The van der Waals surface area contributed by atoms with Crippen LogP contribution in [0, 0.1) is 6.92 Å². The first-order valence-electron chi connectivity index (χ1n) is 5.63. The van der Waals surface area contributed by atoms with Gasteiger partial charge in [-0.2, -0.15) is 0 Å². The molecule has 15 heavy (non-hydrogen) atoms. The summed E-state index contributed by atoms with van der Waals surface area (Å²) >= 11 is 0. The van der Waals surface area contributed by atoms with Gasteiger partial charge in [-0.1, -0.05) is 12.1 Å². The van der Waals surface area contributed by atoms with Gasteiger partial charge in [0.1, 0.15) is 0 Å². The highest BCUT2D eigenvalue weighted by atomic mass is 15.1. The number of hydrogen-bond acceptors (Lipinski definition) is 2. The third-order valence-electron chi connectivity index (χ3n) is 3.61. The zero-order valence-electron chi connectivity index (χ0n) is 10.0. The summed E-state index contributed by atoms with van der Waals surface area (Å²) in [5.41, 5.74) is 4.35. The van der Waals surface area contributed by atoms with Gasteiger partial charge < -0.3 is 10.2 Å². The maximum Gasteiger partial charge on any atom is 0.0403 e. The van der Waals surface area contributed by atoms with E-state index >= 15 is 0 Å². The van der Waals surface area contributed by atoms with Crippen molar-refractivity contribution >= 4 is 5.69 Å². The van der Waals surface area contributed by atoms with Gasteiger partial charge in [0.2, 0.25) is 0 Å². The summed E-state index contributed by atoms with van der Waals surface area (Å²) in [4.78, 5) is 2.36. The van der Waals surface area contributed by atoms with Crippen LogP contribution in [0.5, 0.6) is 0 Å². The molecule has 82 valence electrons. The van der Waals surface area contributed by atoms with Crippen molar-refractivity contribution in [1.29, 1.82) is 0 Å². The Morgan fingerprint density at radius 1 is 1.47 bits per heavy atom. The molecule has 0 spiro atoms. The summed E-state index contributed by atoms with van der Waals surface area (Å²) < 4.78 is 0. The highest BCUT2D eigenvalue weighted by Gasteiger charge is 2.30. The predicted molar refractivity (Wildman–Crippen MR) is 65.7 cm³/mol. The number of fused-ring (bicyclic) bond motifs is 1. The van der Waals surface area contributed by atoms with Crippen LogP contribution in [0.15, 0.2) is 18.2 Å². The lowest BCUT2D eigenvalue weighted by atomic mass is 9.91. The van der Waals surface area contributed by atoms with Gasteiger partial charge in [0, 0.05) is 31.2 Å². The lowest BCUT2D eigenvalue weighted by Gasteiger charge is -2.20. The Morgan fingerprint density at radius 3 is 2.87 bits per heavy atom. The highest BCUT2D eigenvalue weighted by molar-refractivity contribution is 5.62. The standard InChI is InChI=1S/C13H20N2/c1-9-6-5-7-12-13(9)11(8-15(12)4)10(2)14-3/h5-7,10-11,14H,8H2,1-4H3. The summed E-state index contributed by atoms with van der Waals surface area (Å²) in [6.45, 7) is 5.61. The Labute approximate surface area is 92.3 Å². The largest absolute Gasteiger partial charge is 0.374 e. The van der Waals surface area contributed by atoms with Crippen LogP contribution in [0.2, 0.25) is 0 Å². The molecule has 0 radical (unpaired) electrons. The van der Waals surface area contributed by atoms with Crippen molar-refractivity contribution in [2.45, 2.75) is 25.8 Å². The molecule has 2 unspecified atom stereocenters. The molecule has 2 atom stereocenters. The van der Waals surface area contributed by atoms with Crippen molar-refractivity contribution in [3.63, 3.8) is 0 Å². The van der Waals surface area contributed by atoms with Crippen LogP contribution in [-0.2, 0) is 0 Å². The summed E-state index contributed by atoms with van der Waals surface area (Å²) in [7, 11) is 4.22. The molecule has 0 fully saturated rings. The topological polar surface area (TPSA) is 15.3 Å². The second-order valence-corrected chi connectivity index (χ2v) is 4.57. The summed E-state index contributed by atoms with van der Waals surface area (Å²) in [6.07, 6.45) is 0. The summed E-state index contributed by atoms with van der Waals surface area (Å²) in [6, 6.07) is 7.13. The zero-order chi connectivity index (χ0) is 11.0. The fraction of sp³-hybridized carbons (Fsp3) is 0.538. The Kier molecular flexibility index (Phi) is 2.70. The monoisotopic (exact) mass is 204 g/mol. The SMILES string of the molecule is CNC(C)C1CN(C)c2cccc(C)c21. The summed E-state index contributed by atoms with van der Waals surface area (Å²) in [5, 5.41) is 3.37. The normalized spacial score (nSPS) is 21.6. The quantitative estimate of drug-likeness (QED) is 0.794. The smallest absolute Gasteiger partial charge is 0.0403 e.